The van der Waals surface area contributed by atoms with Gasteiger partial charge in [-0.05, 0) is 62.4 Å². The van der Waals surface area contributed by atoms with Crippen LogP contribution >= 0.6 is 0 Å². The number of nitrogens with one attached hydrogen (secondary N) is 1. The summed E-state index contributed by atoms with van der Waals surface area (Å²) in [5.74, 6) is 0.0194. The van der Waals surface area contributed by atoms with Gasteiger partial charge in [-0.1, -0.05) is 12.1 Å². The Hall–Kier alpha value is -1.50. The van der Waals surface area contributed by atoms with E-state index in [0.29, 0.717) is 19.4 Å². The Bertz CT molecular complexity index is 581. The second kappa shape index (κ2) is 8.93. The normalized spacial score (nSPS) is 25.5. The van der Waals surface area contributed by atoms with Crippen LogP contribution in [0.3, 0.4) is 0 Å². The fourth-order valence-electron chi connectivity index (χ4n) is 3.96. The minimum atomic E-state index is -0.288. The third-order valence-electron chi connectivity index (χ3n) is 5.72. The number of hydrogen-bond donors (Lipinski definition) is 2. The van der Waals surface area contributed by atoms with E-state index in [1.54, 1.807) is 19.2 Å². The van der Waals surface area contributed by atoms with Crippen LogP contribution in [0.5, 0.6) is 0 Å². The Morgan fingerprint density at radius 2 is 1.96 bits per heavy atom. The van der Waals surface area contributed by atoms with Crippen molar-refractivity contribution in [1.29, 1.82) is 0 Å². The number of hydrogen-bond acceptors (Lipinski definition) is 4. The molecule has 0 spiro atoms. The van der Waals surface area contributed by atoms with Crippen LogP contribution in [0.2, 0.25) is 0 Å². The van der Waals surface area contributed by atoms with Gasteiger partial charge in [-0.3, -0.25) is 4.79 Å². The molecule has 6 heteroatoms. The van der Waals surface area contributed by atoms with Crippen molar-refractivity contribution in [1.82, 2.24) is 10.2 Å². The van der Waals surface area contributed by atoms with E-state index in [4.69, 9.17) is 4.74 Å². The summed E-state index contributed by atoms with van der Waals surface area (Å²) in [6.07, 6.45) is 2.76. The summed E-state index contributed by atoms with van der Waals surface area (Å²) in [4.78, 5) is 15.1. The zero-order chi connectivity index (χ0) is 18.5. The first-order chi connectivity index (χ1) is 12.6. The summed E-state index contributed by atoms with van der Waals surface area (Å²) in [6, 6.07) is 6.17. The maximum Gasteiger partial charge on any atom is 0.223 e. The topological polar surface area (TPSA) is 61.8 Å². The van der Waals surface area contributed by atoms with Crippen molar-refractivity contribution < 1.29 is 19.0 Å². The number of methoxy groups -OCH3 is 1. The lowest BCUT2D eigenvalue weighted by atomic mass is 9.75. The van der Waals surface area contributed by atoms with Crippen LogP contribution in [0.25, 0.3) is 0 Å². The molecular formula is C20H29FN2O3. The van der Waals surface area contributed by atoms with E-state index in [1.807, 2.05) is 0 Å². The summed E-state index contributed by atoms with van der Waals surface area (Å²) < 4.78 is 18.4. The summed E-state index contributed by atoms with van der Waals surface area (Å²) in [5.41, 5.74) is 0.911. The highest BCUT2D eigenvalue weighted by Gasteiger charge is 2.37. The van der Waals surface area contributed by atoms with Crippen molar-refractivity contribution in [3.05, 3.63) is 35.6 Å². The largest absolute Gasteiger partial charge is 0.393 e. The van der Waals surface area contributed by atoms with Crippen molar-refractivity contribution in [3.8, 4) is 0 Å². The van der Waals surface area contributed by atoms with Crippen LogP contribution < -0.4 is 5.32 Å². The highest BCUT2D eigenvalue weighted by molar-refractivity contribution is 5.79. The third kappa shape index (κ3) is 4.81. The van der Waals surface area contributed by atoms with Crippen LogP contribution in [0.4, 0.5) is 4.39 Å². The Labute approximate surface area is 154 Å². The number of halogens is 1. The lowest BCUT2D eigenvalue weighted by molar-refractivity contribution is -0.128. The first-order valence-electron chi connectivity index (χ1n) is 9.52. The SMILES string of the molecule is COCCN1CCC(C(=O)NC(c2ccc(F)cc2)C2CC(O)C2)CC1. The van der Waals surface area contributed by atoms with Crippen LogP contribution in [0.1, 0.15) is 37.3 Å². The van der Waals surface area contributed by atoms with Crippen molar-refractivity contribution in [2.75, 3.05) is 33.4 Å². The van der Waals surface area contributed by atoms with Crippen LogP contribution in [0.15, 0.2) is 24.3 Å². The van der Waals surface area contributed by atoms with Gasteiger partial charge < -0.3 is 20.1 Å². The summed E-state index contributed by atoms with van der Waals surface area (Å²) in [5, 5.41) is 12.8. The van der Waals surface area contributed by atoms with Gasteiger partial charge in [0, 0.05) is 19.6 Å². The number of aliphatic hydroxyl groups is 1. The molecule has 1 saturated heterocycles. The van der Waals surface area contributed by atoms with Crippen LogP contribution in [-0.2, 0) is 9.53 Å². The molecule has 1 aliphatic carbocycles. The number of nitrogens with zero attached hydrogens (tertiary/aromatic N) is 1. The van der Waals surface area contributed by atoms with E-state index < -0.39 is 0 Å². The highest BCUT2D eigenvalue weighted by Crippen LogP contribution is 2.38. The number of benzene rings is 1. The number of ether oxygens (including phenoxy) is 1. The smallest absolute Gasteiger partial charge is 0.223 e. The van der Waals surface area contributed by atoms with Gasteiger partial charge in [0.25, 0.3) is 0 Å². The number of carbonyl (C=O) groups excluding carboxylic acids is 1. The molecular weight excluding hydrogens is 335 g/mol. The second-order valence-electron chi connectivity index (χ2n) is 7.53. The number of rotatable bonds is 7. The zero-order valence-corrected chi connectivity index (χ0v) is 15.4. The Morgan fingerprint density at radius 3 is 2.54 bits per heavy atom. The first kappa shape index (κ1) is 19.3. The van der Waals surface area contributed by atoms with E-state index in [-0.39, 0.29) is 35.7 Å². The molecule has 1 heterocycles. The summed E-state index contributed by atoms with van der Waals surface area (Å²) >= 11 is 0. The molecule has 0 bridgehead atoms. The van der Waals surface area contributed by atoms with Crippen molar-refractivity contribution >= 4 is 5.91 Å². The number of carbonyl (C=O) groups is 1. The van der Waals surface area contributed by atoms with Gasteiger partial charge in [0.05, 0.1) is 18.8 Å². The molecule has 2 N–H and O–H groups in total. The molecule has 5 nitrogen and oxygen atoms in total. The summed E-state index contributed by atoms with van der Waals surface area (Å²) in [6.45, 7) is 3.44. The van der Waals surface area contributed by atoms with Gasteiger partial charge in [0.2, 0.25) is 5.91 Å². The van der Waals surface area contributed by atoms with Gasteiger partial charge >= 0.3 is 0 Å². The quantitative estimate of drug-likeness (QED) is 0.778. The predicted octanol–water partition coefficient (Wildman–Crippen LogP) is 2.11. The molecule has 0 radical (unpaired) electrons. The van der Waals surface area contributed by atoms with Gasteiger partial charge in [-0.2, -0.15) is 0 Å². The van der Waals surface area contributed by atoms with E-state index in [1.165, 1.54) is 12.1 Å². The molecule has 1 unspecified atom stereocenters. The van der Waals surface area contributed by atoms with Crippen LogP contribution in [0, 0.1) is 17.7 Å². The highest BCUT2D eigenvalue weighted by atomic mass is 19.1. The minimum absolute atomic E-state index is 0.0155. The Balaban J connectivity index is 1.58. The molecule has 1 aromatic carbocycles. The maximum absolute atomic E-state index is 13.2. The monoisotopic (exact) mass is 364 g/mol. The molecule has 3 rings (SSSR count). The van der Waals surface area contributed by atoms with E-state index in [2.05, 4.69) is 10.2 Å². The molecule has 144 valence electrons. The molecule has 26 heavy (non-hydrogen) atoms. The van der Waals surface area contributed by atoms with Crippen molar-refractivity contribution in [3.63, 3.8) is 0 Å². The number of piperidine rings is 1. The standard InChI is InChI=1S/C20H29FN2O3/c1-26-11-10-23-8-6-15(7-9-23)20(25)22-19(16-12-18(24)13-16)14-2-4-17(21)5-3-14/h2-5,15-16,18-19,24H,6-13H2,1H3,(H,22,25). The zero-order valence-electron chi connectivity index (χ0n) is 15.4. The molecule has 1 aromatic rings. The number of aliphatic hydroxyl groups excluding tert-OH is 1. The molecule has 2 fully saturated rings. The van der Waals surface area contributed by atoms with Crippen molar-refractivity contribution in [2.24, 2.45) is 11.8 Å². The number of likely N-dealkylation sites (tertiary alicyclic amines) is 1. The molecule has 2 aliphatic rings. The predicted molar refractivity (Wildman–Crippen MR) is 97.1 cm³/mol. The van der Waals surface area contributed by atoms with Crippen LogP contribution in [-0.4, -0.2) is 55.4 Å². The van der Waals surface area contributed by atoms with Gasteiger partial charge in [0.15, 0.2) is 0 Å². The molecule has 1 aliphatic heterocycles. The summed E-state index contributed by atoms with van der Waals surface area (Å²) in [7, 11) is 1.70. The lowest BCUT2D eigenvalue weighted by Gasteiger charge is -2.39. The van der Waals surface area contributed by atoms with E-state index in [0.717, 1.165) is 38.0 Å². The molecule has 1 amide bonds. The van der Waals surface area contributed by atoms with Gasteiger partial charge in [-0.25, -0.2) is 4.39 Å². The Morgan fingerprint density at radius 1 is 1.31 bits per heavy atom. The van der Waals surface area contributed by atoms with E-state index in [9.17, 15) is 14.3 Å². The molecule has 0 aromatic heterocycles. The molecule has 1 atom stereocenters. The molecule has 1 saturated carbocycles. The van der Waals surface area contributed by atoms with Gasteiger partial charge in [-0.15, -0.1) is 0 Å². The van der Waals surface area contributed by atoms with Gasteiger partial charge in [0.1, 0.15) is 5.82 Å². The lowest BCUT2D eigenvalue weighted by Crippen LogP contribution is -2.46. The maximum atomic E-state index is 13.2. The van der Waals surface area contributed by atoms with E-state index >= 15 is 0 Å². The fraction of sp³-hybridized carbons (Fsp3) is 0.650. The third-order valence-corrected chi connectivity index (χ3v) is 5.72. The Kier molecular flexibility index (Phi) is 6.62. The second-order valence-corrected chi connectivity index (χ2v) is 7.53. The first-order valence-corrected chi connectivity index (χ1v) is 9.52. The fourth-order valence-corrected chi connectivity index (χ4v) is 3.96. The van der Waals surface area contributed by atoms with Crippen molar-refractivity contribution in [2.45, 2.75) is 37.8 Å². The number of amides is 1. The minimum Gasteiger partial charge on any atom is -0.393 e. The average Bonchev–Trinajstić information content (AvgIpc) is 2.63. The average molecular weight is 364 g/mol.